The van der Waals surface area contributed by atoms with Crippen LogP contribution in [0.25, 0.3) is 0 Å². The van der Waals surface area contributed by atoms with Gasteiger partial charge in [-0.1, -0.05) is 5.21 Å². The number of rotatable bonds is 5. The van der Waals surface area contributed by atoms with Crippen molar-refractivity contribution in [3.63, 3.8) is 0 Å². The Balaban J connectivity index is 1.88. The van der Waals surface area contributed by atoms with Gasteiger partial charge in [0.15, 0.2) is 11.6 Å². The van der Waals surface area contributed by atoms with Crippen molar-refractivity contribution in [2.75, 3.05) is 6.61 Å². The van der Waals surface area contributed by atoms with E-state index in [1.165, 1.54) is 6.07 Å². The standard InChI is InChI=1S/C11H12F2N4O/c12-8-1-2-11(10(13)5-8)18-4-3-17-7-9(6-14)15-16-17/h1-2,5,7H,3-4,6,14H2. The van der Waals surface area contributed by atoms with Gasteiger partial charge in [-0.2, -0.15) is 0 Å². The molecule has 0 saturated carbocycles. The molecule has 0 saturated heterocycles. The number of ether oxygens (including phenoxy) is 1. The van der Waals surface area contributed by atoms with E-state index in [1.807, 2.05) is 0 Å². The van der Waals surface area contributed by atoms with Crippen molar-refractivity contribution < 1.29 is 13.5 Å². The molecule has 0 atom stereocenters. The third-order valence-corrected chi connectivity index (χ3v) is 2.27. The van der Waals surface area contributed by atoms with Gasteiger partial charge in [0, 0.05) is 18.8 Å². The summed E-state index contributed by atoms with van der Waals surface area (Å²) in [5.74, 6) is -1.35. The molecule has 2 aromatic rings. The molecule has 0 aliphatic rings. The molecule has 1 heterocycles. The van der Waals surface area contributed by atoms with Gasteiger partial charge in [-0.15, -0.1) is 5.10 Å². The number of hydrogen-bond donors (Lipinski definition) is 1. The maximum Gasteiger partial charge on any atom is 0.167 e. The quantitative estimate of drug-likeness (QED) is 0.867. The smallest absolute Gasteiger partial charge is 0.167 e. The summed E-state index contributed by atoms with van der Waals surface area (Å²) >= 11 is 0. The fourth-order valence-corrected chi connectivity index (χ4v) is 1.38. The van der Waals surface area contributed by atoms with Crippen LogP contribution in [0.4, 0.5) is 8.78 Å². The largest absolute Gasteiger partial charge is 0.489 e. The Labute approximate surface area is 102 Å². The van der Waals surface area contributed by atoms with Gasteiger partial charge in [0.2, 0.25) is 0 Å². The number of benzene rings is 1. The highest BCUT2D eigenvalue weighted by atomic mass is 19.1. The van der Waals surface area contributed by atoms with E-state index in [4.69, 9.17) is 10.5 Å². The summed E-state index contributed by atoms with van der Waals surface area (Å²) in [5.41, 5.74) is 6.05. The summed E-state index contributed by atoms with van der Waals surface area (Å²) in [5, 5.41) is 7.61. The Hall–Kier alpha value is -2.02. The minimum Gasteiger partial charge on any atom is -0.489 e. The second-order valence-corrected chi connectivity index (χ2v) is 3.60. The van der Waals surface area contributed by atoms with Crippen molar-refractivity contribution in [3.8, 4) is 5.75 Å². The van der Waals surface area contributed by atoms with E-state index in [-0.39, 0.29) is 12.4 Å². The van der Waals surface area contributed by atoms with Gasteiger partial charge in [0.05, 0.1) is 12.2 Å². The van der Waals surface area contributed by atoms with Crippen LogP contribution >= 0.6 is 0 Å². The molecule has 2 rings (SSSR count). The molecule has 1 aromatic heterocycles. The van der Waals surface area contributed by atoms with Crippen LogP contribution in [-0.2, 0) is 13.1 Å². The maximum absolute atomic E-state index is 13.2. The minimum atomic E-state index is -0.726. The minimum absolute atomic E-state index is 0.00978. The number of nitrogens with two attached hydrogens (primary N) is 1. The Morgan fingerprint density at radius 1 is 1.33 bits per heavy atom. The van der Waals surface area contributed by atoms with Crippen LogP contribution < -0.4 is 10.5 Å². The number of aromatic nitrogens is 3. The molecule has 0 aliphatic heterocycles. The van der Waals surface area contributed by atoms with Crippen LogP contribution in [0, 0.1) is 11.6 Å². The zero-order chi connectivity index (χ0) is 13.0. The summed E-state index contributed by atoms with van der Waals surface area (Å²) in [6.07, 6.45) is 1.68. The SMILES string of the molecule is NCc1cn(CCOc2ccc(F)cc2F)nn1. The van der Waals surface area contributed by atoms with E-state index in [1.54, 1.807) is 10.9 Å². The lowest BCUT2D eigenvalue weighted by molar-refractivity contribution is 0.276. The van der Waals surface area contributed by atoms with E-state index < -0.39 is 11.6 Å². The molecule has 0 bridgehead atoms. The van der Waals surface area contributed by atoms with Crippen molar-refractivity contribution in [2.45, 2.75) is 13.1 Å². The van der Waals surface area contributed by atoms with Gasteiger partial charge in [-0.3, -0.25) is 0 Å². The molecule has 0 aliphatic carbocycles. The molecule has 7 heteroatoms. The van der Waals surface area contributed by atoms with E-state index in [0.29, 0.717) is 18.8 Å². The van der Waals surface area contributed by atoms with E-state index in [0.717, 1.165) is 12.1 Å². The van der Waals surface area contributed by atoms with Gasteiger partial charge < -0.3 is 10.5 Å². The lowest BCUT2D eigenvalue weighted by atomic mass is 10.3. The first-order valence-corrected chi connectivity index (χ1v) is 5.36. The Kier molecular flexibility index (Phi) is 3.83. The summed E-state index contributed by atoms with van der Waals surface area (Å²) in [6.45, 7) is 0.924. The molecule has 1 aromatic carbocycles. The highest BCUT2D eigenvalue weighted by Crippen LogP contribution is 2.17. The first-order chi connectivity index (χ1) is 8.69. The Morgan fingerprint density at radius 2 is 2.17 bits per heavy atom. The molecule has 5 nitrogen and oxygen atoms in total. The fourth-order valence-electron chi connectivity index (χ4n) is 1.38. The predicted octanol–water partition coefficient (Wildman–Crippen LogP) is 1.09. The lowest BCUT2D eigenvalue weighted by Gasteiger charge is -2.06. The molecule has 96 valence electrons. The topological polar surface area (TPSA) is 66.0 Å². The summed E-state index contributed by atoms with van der Waals surface area (Å²) < 4.78 is 32.6. The molecule has 0 fully saturated rings. The number of nitrogens with zero attached hydrogens (tertiary/aromatic N) is 3. The summed E-state index contributed by atoms with van der Waals surface area (Å²) in [4.78, 5) is 0. The molecule has 0 amide bonds. The van der Waals surface area contributed by atoms with Gasteiger partial charge in [-0.25, -0.2) is 13.5 Å². The molecule has 18 heavy (non-hydrogen) atoms. The van der Waals surface area contributed by atoms with Crippen LogP contribution in [0.5, 0.6) is 5.75 Å². The Bertz CT molecular complexity index is 530. The maximum atomic E-state index is 13.2. The summed E-state index contributed by atoms with van der Waals surface area (Å²) in [7, 11) is 0. The first kappa shape index (κ1) is 12.4. The van der Waals surface area contributed by atoms with Crippen molar-refractivity contribution in [2.24, 2.45) is 5.73 Å². The molecule has 0 radical (unpaired) electrons. The van der Waals surface area contributed by atoms with Crippen molar-refractivity contribution in [1.82, 2.24) is 15.0 Å². The third kappa shape index (κ3) is 3.01. The second-order valence-electron chi connectivity index (χ2n) is 3.60. The van der Waals surface area contributed by atoms with Crippen LogP contribution in [0.1, 0.15) is 5.69 Å². The van der Waals surface area contributed by atoms with E-state index >= 15 is 0 Å². The third-order valence-electron chi connectivity index (χ3n) is 2.27. The molecular weight excluding hydrogens is 242 g/mol. The molecular formula is C11H12F2N4O. The average Bonchev–Trinajstić information content (AvgIpc) is 2.80. The van der Waals surface area contributed by atoms with E-state index in [9.17, 15) is 8.78 Å². The zero-order valence-electron chi connectivity index (χ0n) is 9.51. The van der Waals surface area contributed by atoms with Gasteiger partial charge in [0.25, 0.3) is 0 Å². The van der Waals surface area contributed by atoms with Crippen LogP contribution in [0.2, 0.25) is 0 Å². The van der Waals surface area contributed by atoms with Gasteiger partial charge >= 0.3 is 0 Å². The van der Waals surface area contributed by atoms with Crippen molar-refractivity contribution in [3.05, 3.63) is 41.7 Å². The fraction of sp³-hybridized carbons (Fsp3) is 0.273. The second kappa shape index (κ2) is 5.54. The molecule has 2 N–H and O–H groups in total. The highest BCUT2D eigenvalue weighted by Gasteiger charge is 2.05. The van der Waals surface area contributed by atoms with Crippen LogP contribution in [0.15, 0.2) is 24.4 Å². The molecule has 0 spiro atoms. The average molecular weight is 254 g/mol. The highest BCUT2D eigenvalue weighted by molar-refractivity contribution is 5.24. The van der Waals surface area contributed by atoms with E-state index in [2.05, 4.69) is 10.3 Å². The normalized spacial score (nSPS) is 10.6. The van der Waals surface area contributed by atoms with Crippen LogP contribution in [0.3, 0.4) is 0 Å². The molecule has 0 unspecified atom stereocenters. The Morgan fingerprint density at radius 3 is 2.83 bits per heavy atom. The number of halogens is 2. The predicted molar refractivity (Wildman–Crippen MR) is 59.8 cm³/mol. The van der Waals surface area contributed by atoms with Crippen molar-refractivity contribution >= 4 is 0 Å². The lowest BCUT2D eigenvalue weighted by Crippen LogP contribution is -2.09. The monoisotopic (exact) mass is 254 g/mol. The summed E-state index contributed by atoms with van der Waals surface area (Å²) in [6, 6.07) is 3.16. The number of hydrogen-bond acceptors (Lipinski definition) is 4. The van der Waals surface area contributed by atoms with Gasteiger partial charge in [-0.05, 0) is 12.1 Å². The van der Waals surface area contributed by atoms with Gasteiger partial charge in [0.1, 0.15) is 12.4 Å². The zero-order valence-corrected chi connectivity index (χ0v) is 9.51. The van der Waals surface area contributed by atoms with Crippen molar-refractivity contribution in [1.29, 1.82) is 0 Å². The first-order valence-electron chi connectivity index (χ1n) is 5.36. The van der Waals surface area contributed by atoms with Crippen LogP contribution in [-0.4, -0.2) is 21.6 Å².